The van der Waals surface area contributed by atoms with Crippen LogP contribution in [0.2, 0.25) is 0 Å². The first-order valence-corrected chi connectivity index (χ1v) is 9.87. The summed E-state index contributed by atoms with van der Waals surface area (Å²) in [5.41, 5.74) is 3.69. The van der Waals surface area contributed by atoms with E-state index in [-0.39, 0.29) is 11.9 Å². The van der Waals surface area contributed by atoms with E-state index in [1.54, 1.807) is 0 Å². The van der Waals surface area contributed by atoms with E-state index in [0.29, 0.717) is 18.7 Å². The van der Waals surface area contributed by atoms with Crippen molar-refractivity contribution >= 4 is 16.8 Å². The van der Waals surface area contributed by atoms with Crippen LogP contribution in [0.25, 0.3) is 10.9 Å². The van der Waals surface area contributed by atoms with Crippen molar-refractivity contribution in [2.45, 2.75) is 58.4 Å². The van der Waals surface area contributed by atoms with Gasteiger partial charge in [0.25, 0.3) is 0 Å². The summed E-state index contributed by atoms with van der Waals surface area (Å²) in [4.78, 5) is 22.7. The molecule has 27 heavy (non-hydrogen) atoms. The van der Waals surface area contributed by atoms with Gasteiger partial charge >= 0.3 is 0 Å². The number of rotatable bonds is 6. The van der Waals surface area contributed by atoms with Crippen molar-refractivity contribution in [3.63, 3.8) is 0 Å². The number of fused-ring (bicyclic) bond motifs is 3. The van der Waals surface area contributed by atoms with Gasteiger partial charge < -0.3 is 14.4 Å². The fourth-order valence-electron chi connectivity index (χ4n) is 4.02. The molecule has 6 heteroatoms. The minimum Gasteiger partial charge on any atom is -0.356 e. The minimum atomic E-state index is 0.0770. The normalized spacial score (nSPS) is 16.7. The maximum absolute atomic E-state index is 12.8. The lowest BCUT2D eigenvalue weighted by Gasteiger charge is -2.33. The van der Waals surface area contributed by atoms with Crippen LogP contribution in [0.3, 0.4) is 0 Å². The highest BCUT2D eigenvalue weighted by atomic mass is 16.5. The van der Waals surface area contributed by atoms with Gasteiger partial charge in [-0.2, -0.15) is 4.98 Å². The van der Waals surface area contributed by atoms with E-state index in [1.807, 2.05) is 11.0 Å². The molecular weight excluding hydrogens is 340 g/mol. The Hall–Kier alpha value is -2.63. The second kappa shape index (κ2) is 7.55. The maximum Gasteiger partial charge on any atom is 0.226 e. The lowest BCUT2D eigenvalue weighted by molar-refractivity contribution is -0.133. The first-order valence-electron chi connectivity index (χ1n) is 9.87. The fraction of sp³-hybridized carbons (Fsp3) is 0.476. The van der Waals surface area contributed by atoms with Gasteiger partial charge in [-0.15, -0.1) is 0 Å². The van der Waals surface area contributed by atoms with Crippen LogP contribution >= 0.6 is 0 Å². The van der Waals surface area contributed by atoms with E-state index < -0.39 is 0 Å². The molecule has 4 rings (SSSR count). The highest BCUT2D eigenvalue weighted by Crippen LogP contribution is 2.34. The lowest BCUT2D eigenvalue weighted by Crippen LogP contribution is -2.38. The molecule has 0 aliphatic carbocycles. The molecule has 0 saturated heterocycles. The van der Waals surface area contributed by atoms with Gasteiger partial charge in [0, 0.05) is 42.4 Å². The summed E-state index contributed by atoms with van der Waals surface area (Å²) in [6.45, 7) is 4.98. The number of H-pyrrole nitrogens is 1. The van der Waals surface area contributed by atoms with Crippen LogP contribution in [0.1, 0.15) is 62.1 Å². The second-order valence-corrected chi connectivity index (χ2v) is 7.28. The summed E-state index contributed by atoms with van der Waals surface area (Å²) < 4.78 is 5.25. The van der Waals surface area contributed by atoms with Gasteiger partial charge in [-0.3, -0.25) is 4.79 Å². The van der Waals surface area contributed by atoms with Crippen LogP contribution in [0.15, 0.2) is 28.8 Å². The number of nitrogens with one attached hydrogen (secondary N) is 1. The molecule has 1 amide bonds. The Morgan fingerprint density at radius 3 is 3.04 bits per heavy atom. The predicted molar refractivity (Wildman–Crippen MR) is 103 cm³/mol. The van der Waals surface area contributed by atoms with Gasteiger partial charge in [-0.25, -0.2) is 0 Å². The van der Waals surface area contributed by atoms with Crippen LogP contribution in [-0.4, -0.2) is 32.5 Å². The van der Waals surface area contributed by atoms with E-state index in [1.165, 1.54) is 16.6 Å². The molecule has 3 heterocycles. The third-order valence-electron chi connectivity index (χ3n) is 5.42. The molecule has 0 fully saturated rings. The maximum atomic E-state index is 12.8. The highest BCUT2D eigenvalue weighted by molar-refractivity contribution is 5.86. The number of para-hydroxylation sites is 1. The molecular formula is C21H26N4O2. The van der Waals surface area contributed by atoms with E-state index >= 15 is 0 Å². The number of amides is 1. The summed E-state index contributed by atoms with van der Waals surface area (Å²) in [5.74, 6) is 1.59. The zero-order valence-electron chi connectivity index (χ0n) is 16.0. The molecule has 1 aliphatic heterocycles. The number of hydrogen-bond acceptors (Lipinski definition) is 4. The average Bonchev–Trinajstić information content (AvgIpc) is 3.27. The number of hydrogen-bond donors (Lipinski definition) is 1. The topological polar surface area (TPSA) is 75.0 Å². The third kappa shape index (κ3) is 3.48. The zero-order chi connectivity index (χ0) is 18.8. The Balaban J connectivity index is 1.37. The monoisotopic (exact) mass is 366 g/mol. The van der Waals surface area contributed by atoms with Gasteiger partial charge in [-0.05, 0) is 37.8 Å². The number of benzene rings is 1. The quantitative estimate of drug-likeness (QED) is 0.716. The van der Waals surface area contributed by atoms with Gasteiger partial charge in [0.2, 0.25) is 11.8 Å². The van der Waals surface area contributed by atoms with Crippen LogP contribution in [0.5, 0.6) is 0 Å². The summed E-state index contributed by atoms with van der Waals surface area (Å²) in [6.07, 6.45) is 4.63. The van der Waals surface area contributed by atoms with Gasteiger partial charge in [-0.1, -0.05) is 30.3 Å². The van der Waals surface area contributed by atoms with Crippen molar-refractivity contribution in [1.29, 1.82) is 0 Å². The first-order chi connectivity index (χ1) is 13.2. The SMILES string of the molecule is CCCc1noc(CCCC(=O)N2CCc3c([nH]c4ccccc34)[C@H]2C)n1. The highest BCUT2D eigenvalue weighted by Gasteiger charge is 2.29. The van der Waals surface area contributed by atoms with Gasteiger partial charge in [0.15, 0.2) is 5.82 Å². The Bertz CT molecular complexity index is 943. The van der Waals surface area contributed by atoms with E-state index in [0.717, 1.165) is 43.6 Å². The van der Waals surface area contributed by atoms with Gasteiger partial charge in [0.05, 0.1) is 6.04 Å². The molecule has 3 aromatic rings. The predicted octanol–water partition coefficient (Wildman–Crippen LogP) is 3.97. The van der Waals surface area contributed by atoms with Crippen molar-refractivity contribution in [3.8, 4) is 0 Å². The van der Waals surface area contributed by atoms with Crippen molar-refractivity contribution in [2.24, 2.45) is 0 Å². The molecule has 6 nitrogen and oxygen atoms in total. The Morgan fingerprint density at radius 2 is 2.19 bits per heavy atom. The molecule has 142 valence electrons. The number of aromatic amines is 1. The smallest absolute Gasteiger partial charge is 0.226 e. The Kier molecular flexibility index (Phi) is 4.97. The summed E-state index contributed by atoms with van der Waals surface area (Å²) in [6, 6.07) is 8.45. The number of carbonyl (C=O) groups is 1. The summed E-state index contributed by atoms with van der Waals surface area (Å²) >= 11 is 0. The standard InChI is InChI=1S/C21H26N4O2/c1-3-7-18-23-19(27-24-18)10-6-11-20(26)25-13-12-16-15-8-4-5-9-17(15)22-21(16)14(25)2/h4-5,8-9,14,22H,3,6-7,10-13H2,1-2H3/t14-/m1/s1. The molecule has 0 unspecified atom stereocenters. The van der Waals surface area contributed by atoms with Crippen molar-refractivity contribution in [1.82, 2.24) is 20.0 Å². The molecule has 0 spiro atoms. The molecule has 1 atom stereocenters. The third-order valence-corrected chi connectivity index (χ3v) is 5.42. The van der Waals surface area contributed by atoms with Crippen LogP contribution in [0.4, 0.5) is 0 Å². The number of aryl methyl sites for hydroxylation is 2. The van der Waals surface area contributed by atoms with E-state index in [9.17, 15) is 4.79 Å². The number of carbonyl (C=O) groups excluding carboxylic acids is 1. The molecule has 2 aromatic heterocycles. The van der Waals surface area contributed by atoms with Crippen LogP contribution in [-0.2, 0) is 24.1 Å². The largest absolute Gasteiger partial charge is 0.356 e. The summed E-state index contributed by atoms with van der Waals surface area (Å²) in [7, 11) is 0. The van der Waals surface area contributed by atoms with E-state index in [2.05, 4.69) is 47.2 Å². The average molecular weight is 366 g/mol. The van der Waals surface area contributed by atoms with Gasteiger partial charge in [0.1, 0.15) is 0 Å². The zero-order valence-corrected chi connectivity index (χ0v) is 16.0. The van der Waals surface area contributed by atoms with Crippen LogP contribution < -0.4 is 0 Å². The second-order valence-electron chi connectivity index (χ2n) is 7.28. The molecule has 0 saturated carbocycles. The van der Waals surface area contributed by atoms with Crippen molar-refractivity contribution < 1.29 is 9.32 Å². The summed E-state index contributed by atoms with van der Waals surface area (Å²) in [5, 5.41) is 5.25. The van der Waals surface area contributed by atoms with Crippen molar-refractivity contribution in [2.75, 3.05) is 6.54 Å². The van der Waals surface area contributed by atoms with Crippen molar-refractivity contribution in [3.05, 3.63) is 47.2 Å². The van der Waals surface area contributed by atoms with Crippen LogP contribution in [0, 0.1) is 0 Å². The van der Waals surface area contributed by atoms with E-state index in [4.69, 9.17) is 4.52 Å². The molecule has 1 aromatic carbocycles. The molecule has 1 N–H and O–H groups in total. The fourth-order valence-corrected chi connectivity index (χ4v) is 4.02. The lowest BCUT2D eigenvalue weighted by atomic mass is 9.97. The number of nitrogens with zero attached hydrogens (tertiary/aromatic N) is 3. The minimum absolute atomic E-state index is 0.0770. The molecule has 0 radical (unpaired) electrons. The Morgan fingerprint density at radius 1 is 1.33 bits per heavy atom. The molecule has 0 bridgehead atoms. The molecule has 1 aliphatic rings. The first kappa shape index (κ1) is 17.8. The number of aromatic nitrogens is 3. The Labute approximate surface area is 158 Å².